The summed E-state index contributed by atoms with van der Waals surface area (Å²) in [6.45, 7) is 0. The molecule has 0 unspecified atom stereocenters. The molecule has 1 heterocycles. The van der Waals surface area contributed by atoms with Crippen LogP contribution in [0.25, 0.3) is 11.3 Å². The molecule has 2 fully saturated rings. The fourth-order valence-electron chi connectivity index (χ4n) is 3.80. The van der Waals surface area contributed by atoms with Crippen LogP contribution in [0.4, 0.5) is 18.9 Å². The van der Waals surface area contributed by atoms with Crippen LogP contribution in [0.1, 0.15) is 25.0 Å². The molecule has 0 amide bonds. The summed E-state index contributed by atoms with van der Waals surface area (Å²) in [5.41, 5.74) is 0.801. The number of nitrogens with zero attached hydrogens (tertiary/aromatic N) is 1. The minimum absolute atomic E-state index is 0.270. The van der Waals surface area contributed by atoms with E-state index in [0.29, 0.717) is 16.6 Å². The quantitative estimate of drug-likeness (QED) is 0.774. The Kier molecular flexibility index (Phi) is 3.71. The number of pyridine rings is 1. The SMILES string of the molecule is FC(F)(F)c1cccc(-c2cc(Cl)cc(N[C@H]3[C@@H]4CCC[C@@H]43)c2)n1. The Balaban J connectivity index is 1.61. The molecule has 2 aromatic rings. The molecule has 0 spiro atoms. The number of nitrogens with one attached hydrogen (secondary N) is 1. The second-order valence-corrected chi connectivity index (χ2v) is 7.00. The number of fused-ring (bicyclic) bond motifs is 1. The van der Waals surface area contributed by atoms with Gasteiger partial charge >= 0.3 is 6.18 Å². The van der Waals surface area contributed by atoms with Crippen LogP contribution in [0, 0.1) is 11.8 Å². The first-order valence-electron chi connectivity index (χ1n) is 8.03. The van der Waals surface area contributed by atoms with Crippen molar-refractivity contribution in [1.29, 1.82) is 0 Å². The third-order valence-corrected chi connectivity index (χ3v) is 5.19. The van der Waals surface area contributed by atoms with Crippen molar-refractivity contribution in [2.45, 2.75) is 31.5 Å². The summed E-state index contributed by atoms with van der Waals surface area (Å²) < 4.78 is 38.6. The van der Waals surface area contributed by atoms with Crippen molar-refractivity contribution in [3.8, 4) is 11.3 Å². The lowest BCUT2D eigenvalue weighted by molar-refractivity contribution is -0.141. The largest absolute Gasteiger partial charge is 0.433 e. The molecule has 126 valence electrons. The maximum absolute atomic E-state index is 12.9. The second kappa shape index (κ2) is 5.66. The van der Waals surface area contributed by atoms with Gasteiger partial charge in [-0.1, -0.05) is 24.1 Å². The van der Waals surface area contributed by atoms with Gasteiger partial charge in [0.25, 0.3) is 0 Å². The molecule has 0 saturated heterocycles. The monoisotopic (exact) mass is 352 g/mol. The number of benzene rings is 1. The Hall–Kier alpha value is -1.75. The first kappa shape index (κ1) is 15.8. The van der Waals surface area contributed by atoms with E-state index in [9.17, 15) is 13.2 Å². The Labute approximate surface area is 143 Å². The zero-order chi connectivity index (χ0) is 16.9. The van der Waals surface area contributed by atoms with Crippen LogP contribution in [0.5, 0.6) is 0 Å². The molecule has 2 aliphatic carbocycles. The van der Waals surface area contributed by atoms with E-state index in [-0.39, 0.29) is 5.69 Å². The highest BCUT2D eigenvalue weighted by atomic mass is 35.5. The minimum Gasteiger partial charge on any atom is -0.382 e. The van der Waals surface area contributed by atoms with E-state index in [2.05, 4.69) is 10.3 Å². The van der Waals surface area contributed by atoms with Crippen molar-refractivity contribution in [3.05, 3.63) is 47.1 Å². The molecule has 2 aliphatic rings. The number of alkyl halides is 3. The van der Waals surface area contributed by atoms with Crippen LogP contribution < -0.4 is 5.32 Å². The maximum Gasteiger partial charge on any atom is 0.433 e. The number of aromatic nitrogens is 1. The molecule has 24 heavy (non-hydrogen) atoms. The maximum atomic E-state index is 12.9. The van der Waals surface area contributed by atoms with Gasteiger partial charge in [-0.25, -0.2) is 4.98 Å². The molecule has 4 rings (SSSR count). The third kappa shape index (κ3) is 2.97. The van der Waals surface area contributed by atoms with Gasteiger partial charge in [-0.2, -0.15) is 13.2 Å². The molecule has 1 aromatic heterocycles. The van der Waals surface area contributed by atoms with Crippen molar-refractivity contribution in [1.82, 2.24) is 4.98 Å². The van der Waals surface area contributed by atoms with E-state index in [1.54, 1.807) is 12.1 Å². The second-order valence-electron chi connectivity index (χ2n) is 6.56. The van der Waals surface area contributed by atoms with Crippen molar-refractivity contribution in [3.63, 3.8) is 0 Å². The summed E-state index contributed by atoms with van der Waals surface area (Å²) in [7, 11) is 0. The van der Waals surface area contributed by atoms with Crippen LogP contribution in [0.3, 0.4) is 0 Å². The Morgan fingerprint density at radius 1 is 1.08 bits per heavy atom. The van der Waals surface area contributed by atoms with E-state index < -0.39 is 11.9 Å². The summed E-state index contributed by atoms with van der Waals surface area (Å²) in [5, 5.41) is 3.97. The topological polar surface area (TPSA) is 24.9 Å². The van der Waals surface area contributed by atoms with Gasteiger partial charge in [0.05, 0.1) is 5.69 Å². The van der Waals surface area contributed by atoms with E-state index in [4.69, 9.17) is 11.6 Å². The zero-order valence-corrected chi connectivity index (χ0v) is 13.5. The van der Waals surface area contributed by atoms with Gasteiger partial charge in [-0.05, 0) is 55.0 Å². The van der Waals surface area contributed by atoms with Crippen molar-refractivity contribution in [2.24, 2.45) is 11.8 Å². The molecule has 2 saturated carbocycles. The van der Waals surface area contributed by atoms with Gasteiger partial charge in [0.15, 0.2) is 0 Å². The standard InChI is InChI=1S/C18H16ClF3N2/c19-11-7-10(15-5-2-6-16(24-15)18(20,21)22)8-12(9-11)23-17-13-3-1-4-14(13)17/h2,5-9,13-14,17,23H,1,3-4H2/t13-,14+,17+. The Bertz CT molecular complexity index is 765. The molecule has 1 aromatic carbocycles. The molecule has 1 N–H and O–H groups in total. The lowest BCUT2D eigenvalue weighted by Crippen LogP contribution is -2.09. The highest BCUT2D eigenvalue weighted by molar-refractivity contribution is 6.31. The number of rotatable bonds is 3. The molecular weight excluding hydrogens is 337 g/mol. The normalized spacial score (nSPS) is 25.4. The predicted molar refractivity (Wildman–Crippen MR) is 87.9 cm³/mol. The summed E-state index contributed by atoms with van der Waals surface area (Å²) in [6, 6.07) is 9.65. The Morgan fingerprint density at radius 3 is 2.54 bits per heavy atom. The molecular formula is C18H16ClF3N2. The van der Waals surface area contributed by atoms with E-state index in [1.807, 2.05) is 12.1 Å². The van der Waals surface area contributed by atoms with Gasteiger partial charge in [0.2, 0.25) is 0 Å². The fraction of sp³-hybridized carbons (Fsp3) is 0.389. The highest BCUT2D eigenvalue weighted by Crippen LogP contribution is 2.53. The zero-order valence-electron chi connectivity index (χ0n) is 12.8. The molecule has 6 heteroatoms. The number of hydrogen-bond acceptors (Lipinski definition) is 2. The molecule has 0 bridgehead atoms. The molecule has 3 atom stereocenters. The van der Waals surface area contributed by atoms with Crippen LogP contribution >= 0.6 is 11.6 Å². The number of hydrogen-bond donors (Lipinski definition) is 1. The van der Waals surface area contributed by atoms with Gasteiger partial charge in [0.1, 0.15) is 5.69 Å². The van der Waals surface area contributed by atoms with E-state index in [0.717, 1.165) is 23.6 Å². The van der Waals surface area contributed by atoms with E-state index >= 15 is 0 Å². The lowest BCUT2D eigenvalue weighted by Gasteiger charge is -2.12. The Morgan fingerprint density at radius 2 is 1.83 bits per heavy atom. The minimum atomic E-state index is -4.46. The highest BCUT2D eigenvalue weighted by Gasteiger charge is 2.52. The predicted octanol–water partition coefficient (Wildman–Crippen LogP) is 5.63. The summed E-state index contributed by atoms with van der Waals surface area (Å²) in [4.78, 5) is 3.74. The molecule has 2 nitrogen and oxygen atoms in total. The fourth-order valence-corrected chi connectivity index (χ4v) is 4.04. The summed E-state index contributed by atoms with van der Waals surface area (Å²) >= 11 is 6.16. The third-order valence-electron chi connectivity index (χ3n) is 4.97. The summed E-state index contributed by atoms with van der Waals surface area (Å²) in [5.74, 6) is 1.47. The lowest BCUT2D eigenvalue weighted by atomic mass is 10.1. The summed E-state index contributed by atoms with van der Waals surface area (Å²) in [6.07, 6.45) is -0.653. The van der Waals surface area contributed by atoms with Gasteiger partial charge in [-0.3, -0.25) is 0 Å². The van der Waals surface area contributed by atoms with Crippen LogP contribution in [-0.2, 0) is 6.18 Å². The number of anilines is 1. The van der Waals surface area contributed by atoms with Gasteiger partial charge < -0.3 is 5.32 Å². The smallest absolute Gasteiger partial charge is 0.382 e. The first-order chi connectivity index (χ1) is 11.4. The van der Waals surface area contributed by atoms with Crippen molar-refractivity contribution in [2.75, 3.05) is 5.32 Å². The van der Waals surface area contributed by atoms with Crippen LogP contribution in [0.2, 0.25) is 5.02 Å². The van der Waals surface area contributed by atoms with Crippen LogP contribution in [-0.4, -0.2) is 11.0 Å². The first-order valence-corrected chi connectivity index (χ1v) is 8.41. The van der Waals surface area contributed by atoms with Gasteiger partial charge in [0, 0.05) is 22.3 Å². The van der Waals surface area contributed by atoms with Crippen molar-refractivity contribution >= 4 is 17.3 Å². The molecule has 0 aliphatic heterocycles. The number of halogens is 4. The average Bonchev–Trinajstić information content (AvgIpc) is 2.95. The van der Waals surface area contributed by atoms with Gasteiger partial charge in [-0.15, -0.1) is 0 Å². The van der Waals surface area contributed by atoms with Crippen molar-refractivity contribution < 1.29 is 13.2 Å². The molecule has 0 radical (unpaired) electrons. The van der Waals surface area contributed by atoms with E-state index in [1.165, 1.54) is 25.3 Å². The average molecular weight is 353 g/mol. The van der Waals surface area contributed by atoms with Crippen LogP contribution in [0.15, 0.2) is 36.4 Å².